The van der Waals surface area contributed by atoms with E-state index in [1.165, 1.54) is 15.9 Å². The summed E-state index contributed by atoms with van der Waals surface area (Å²) in [6.07, 6.45) is 4.28. The molecule has 0 bridgehead atoms. The van der Waals surface area contributed by atoms with Gasteiger partial charge in [-0.15, -0.1) is 0 Å². The number of nitrogens with two attached hydrogens (primary N) is 1. The molecule has 1 rings (SSSR count). The highest BCUT2D eigenvalue weighted by Gasteiger charge is 2.12. The highest BCUT2D eigenvalue weighted by molar-refractivity contribution is 9.10. The van der Waals surface area contributed by atoms with Crippen LogP contribution in [0.1, 0.15) is 38.1 Å². The molecule has 1 aromatic heterocycles. The van der Waals surface area contributed by atoms with Crippen molar-refractivity contribution in [3.05, 3.63) is 15.9 Å². The summed E-state index contributed by atoms with van der Waals surface area (Å²) in [5.41, 5.74) is 7.99. The molecule has 0 spiro atoms. The molecule has 15 heavy (non-hydrogen) atoms. The fourth-order valence-corrected chi connectivity index (χ4v) is 2.46. The Kier molecular flexibility index (Phi) is 5.32. The van der Waals surface area contributed by atoms with Crippen LogP contribution in [0.5, 0.6) is 0 Å². The second kappa shape index (κ2) is 6.28. The second-order valence-electron chi connectivity index (χ2n) is 3.62. The number of unbranched alkanes of at least 4 members (excludes halogenated alkanes) is 1. The number of aromatic nitrogens is 2. The van der Waals surface area contributed by atoms with Gasteiger partial charge >= 0.3 is 0 Å². The first-order valence-electron chi connectivity index (χ1n) is 5.68. The van der Waals surface area contributed by atoms with Crippen molar-refractivity contribution in [2.24, 2.45) is 5.73 Å². The van der Waals surface area contributed by atoms with Gasteiger partial charge in [0.15, 0.2) is 0 Å². The Labute approximate surface area is 100 Å². The monoisotopic (exact) mass is 273 g/mol. The van der Waals surface area contributed by atoms with Crippen molar-refractivity contribution in [3.63, 3.8) is 0 Å². The number of hydrogen-bond donors (Lipinski definition) is 1. The third-order valence-corrected chi connectivity index (χ3v) is 3.48. The van der Waals surface area contributed by atoms with Gasteiger partial charge in [0.2, 0.25) is 0 Å². The molecule has 0 radical (unpaired) electrons. The lowest BCUT2D eigenvalue weighted by Gasteiger charge is -2.04. The largest absolute Gasteiger partial charge is 0.330 e. The summed E-state index contributed by atoms with van der Waals surface area (Å²) in [5.74, 6) is 0. The molecule has 1 heterocycles. The average molecular weight is 274 g/mol. The summed E-state index contributed by atoms with van der Waals surface area (Å²) in [6.45, 7) is 5.98. The molecule has 0 aliphatic heterocycles. The van der Waals surface area contributed by atoms with E-state index in [1.807, 2.05) is 0 Å². The number of halogens is 1. The van der Waals surface area contributed by atoms with Gasteiger partial charge in [0, 0.05) is 6.54 Å². The van der Waals surface area contributed by atoms with Gasteiger partial charge in [0.05, 0.1) is 15.9 Å². The normalized spacial score (nSPS) is 10.9. The van der Waals surface area contributed by atoms with Crippen LogP contribution in [0.2, 0.25) is 0 Å². The molecule has 4 heteroatoms. The maximum Gasteiger partial charge on any atom is 0.0766 e. The van der Waals surface area contributed by atoms with Gasteiger partial charge < -0.3 is 5.73 Å². The van der Waals surface area contributed by atoms with E-state index in [2.05, 4.69) is 39.6 Å². The number of rotatable bonds is 6. The lowest BCUT2D eigenvalue weighted by Crippen LogP contribution is -2.05. The first kappa shape index (κ1) is 12.7. The highest BCUT2D eigenvalue weighted by Crippen LogP contribution is 2.23. The summed E-state index contributed by atoms with van der Waals surface area (Å²) < 4.78 is 3.29. The Balaban J connectivity index is 2.78. The van der Waals surface area contributed by atoms with Gasteiger partial charge in [-0.3, -0.25) is 4.68 Å². The molecule has 0 aliphatic carbocycles. The molecule has 0 atom stereocenters. The first-order chi connectivity index (χ1) is 7.24. The smallest absolute Gasteiger partial charge is 0.0766 e. The quantitative estimate of drug-likeness (QED) is 0.810. The Morgan fingerprint density at radius 1 is 1.33 bits per heavy atom. The zero-order valence-electron chi connectivity index (χ0n) is 9.59. The Morgan fingerprint density at radius 3 is 2.60 bits per heavy atom. The molecule has 0 amide bonds. The lowest BCUT2D eigenvalue weighted by molar-refractivity contribution is 0.597. The zero-order chi connectivity index (χ0) is 11.3. The second-order valence-corrected chi connectivity index (χ2v) is 4.42. The fourth-order valence-electron chi connectivity index (χ4n) is 1.69. The van der Waals surface area contributed by atoms with Crippen molar-refractivity contribution in [1.82, 2.24) is 9.78 Å². The first-order valence-corrected chi connectivity index (χ1v) is 6.47. The molecule has 0 saturated carbocycles. The molecule has 0 unspecified atom stereocenters. The Morgan fingerprint density at radius 2 is 2.07 bits per heavy atom. The van der Waals surface area contributed by atoms with E-state index in [9.17, 15) is 0 Å². The molecule has 0 fully saturated rings. The van der Waals surface area contributed by atoms with Crippen molar-refractivity contribution in [3.8, 4) is 0 Å². The summed E-state index contributed by atoms with van der Waals surface area (Å²) in [6, 6.07) is 0. The highest BCUT2D eigenvalue weighted by atomic mass is 79.9. The third kappa shape index (κ3) is 3.05. The predicted molar refractivity (Wildman–Crippen MR) is 67.0 cm³/mol. The molecule has 3 nitrogen and oxygen atoms in total. The van der Waals surface area contributed by atoms with Crippen LogP contribution in [0.4, 0.5) is 0 Å². The summed E-state index contributed by atoms with van der Waals surface area (Å²) >= 11 is 3.64. The van der Waals surface area contributed by atoms with Gasteiger partial charge in [-0.2, -0.15) is 5.10 Å². The average Bonchev–Trinajstić information content (AvgIpc) is 2.56. The number of nitrogens with zero attached hydrogens (tertiary/aromatic N) is 2. The van der Waals surface area contributed by atoms with Crippen LogP contribution in [0.25, 0.3) is 0 Å². The van der Waals surface area contributed by atoms with Crippen LogP contribution in [0.3, 0.4) is 0 Å². The minimum atomic E-state index is 0.776. The van der Waals surface area contributed by atoms with E-state index in [4.69, 9.17) is 5.73 Å². The van der Waals surface area contributed by atoms with Gasteiger partial charge in [-0.05, 0) is 55.1 Å². The summed E-state index contributed by atoms with van der Waals surface area (Å²) in [5, 5.41) is 4.56. The van der Waals surface area contributed by atoms with Crippen molar-refractivity contribution >= 4 is 15.9 Å². The van der Waals surface area contributed by atoms with E-state index >= 15 is 0 Å². The van der Waals surface area contributed by atoms with E-state index in [0.29, 0.717) is 0 Å². The van der Waals surface area contributed by atoms with E-state index in [0.717, 1.165) is 38.8 Å². The van der Waals surface area contributed by atoms with Crippen molar-refractivity contribution in [1.29, 1.82) is 0 Å². The maximum absolute atomic E-state index is 5.50. The molecule has 86 valence electrons. The minimum Gasteiger partial charge on any atom is -0.330 e. The molecular formula is C11H20BrN3. The van der Waals surface area contributed by atoms with Crippen molar-refractivity contribution < 1.29 is 0 Å². The van der Waals surface area contributed by atoms with Crippen LogP contribution in [0.15, 0.2) is 4.47 Å². The number of hydrogen-bond acceptors (Lipinski definition) is 2. The fraction of sp³-hybridized carbons (Fsp3) is 0.727. The standard InChI is InChI=1S/C11H20BrN3/c1-3-9-11(12)10(7-5-6-8-13)15(4-2)14-9/h3-8,13H2,1-2H3. The Bertz CT molecular complexity index is 307. The van der Waals surface area contributed by atoms with Crippen LogP contribution < -0.4 is 5.73 Å². The van der Waals surface area contributed by atoms with Crippen molar-refractivity contribution in [2.75, 3.05) is 6.54 Å². The lowest BCUT2D eigenvalue weighted by atomic mass is 10.2. The number of aryl methyl sites for hydroxylation is 2. The predicted octanol–water partition coefficient (Wildman–Crippen LogP) is 2.51. The molecule has 0 aliphatic rings. The molecule has 0 saturated heterocycles. The van der Waals surface area contributed by atoms with Crippen LogP contribution in [-0.4, -0.2) is 16.3 Å². The van der Waals surface area contributed by atoms with Crippen molar-refractivity contribution in [2.45, 2.75) is 46.1 Å². The minimum absolute atomic E-state index is 0.776. The molecule has 1 aromatic rings. The molecular weight excluding hydrogens is 254 g/mol. The third-order valence-electron chi connectivity index (χ3n) is 2.56. The molecule has 2 N–H and O–H groups in total. The van der Waals surface area contributed by atoms with Gasteiger partial charge in [-0.25, -0.2) is 0 Å². The van der Waals surface area contributed by atoms with E-state index in [1.54, 1.807) is 0 Å². The maximum atomic E-state index is 5.50. The molecule has 0 aromatic carbocycles. The van der Waals surface area contributed by atoms with Crippen LogP contribution in [-0.2, 0) is 19.4 Å². The van der Waals surface area contributed by atoms with Crippen LogP contribution in [0, 0.1) is 0 Å². The summed E-state index contributed by atoms with van der Waals surface area (Å²) in [4.78, 5) is 0. The topological polar surface area (TPSA) is 43.8 Å². The zero-order valence-corrected chi connectivity index (χ0v) is 11.2. The van der Waals surface area contributed by atoms with Gasteiger partial charge in [-0.1, -0.05) is 6.92 Å². The van der Waals surface area contributed by atoms with Gasteiger partial charge in [0.1, 0.15) is 0 Å². The van der Waals surface area contributed by atoms with Gasteiger partial charge in [0.25, 0.3) is 0 Å². The Hall–Kier alpha value is -0.350. The summed E-state index contributed by atoms with van der Waals surface area (Å²) in [7, 11) is 0. The van der Waals surface area contributed by atoms with E-state index in [-0.39, 0.29) is 0 Å². The van der Waals surface area contributed by atoms with E-state index < -0.39 is 0 Å². The SMILES string of the molecule is CCc1nn(CC)c(CCCCN)c1Br. The van der Waals surface area contributed by atoms with Crippen LogP contribution >= 0.6 is 15.9 Å².